The predicted octanol–water partition coefficient (Wildman–Crippen LogP) is 4.61. The number of hydrogen-bond donors (Lipinski definition) is 1. The fourth-order valence-corrected chi connectivity index (χ4v) is 4.13. The van der Waals surface area contributed by atoms with Gasteiger partial charge in [-0.2, -0.15) is 0 Å². The highest BCUT2D eigenvalue weighted by molar-refractivity contribution is 6.31. The number of hydrogen-bond acceptors (Lipinski definition) is 4. The van der Waals surface area contributed by atoms with Gasteiger partial charge in [0.2, 0.25) is 0 Å². The lowest BCUT2D eigenvalue weighted by atomic mass is 9.90. The molecular formula is C22H22ClNO3. The Kier molecular flexibility index (Phi) is 5.19. The highest BCUT2D eigenvalue weighted by Gasteiger charge is 2.21. The summed E-state index contributed by atoms with van der Waals surface area (Å²) in [6.07, 6.45) is 3.25. The van der Waals surface area contributed by atoms with Crippen molar-refractivity contribution in [1.29, 1.82) is 0 Å². The van der Waals surface area contributed by atoms with Crippen LogP contribution in [0.4, 0.5) is 0 Å². The van der Waals surface area contributed by atoms with Gasteiger partial charge in [0.05, 0.1) is 0 Å². The molecule has 0 unspecified atom stereocenters. The van der Waals surface area contributed by atoms with Crippen molar-refractivity contribution in [3.8, 4) is 5.75 Å². The van der Waals surface area contributed by atoms with E-state index in [-0.39, 0.29) is 11.4 Å². The van der Waals surface area contributed by atoms with Crippen molar-refractivity contribution in [2.45, 2.75) is 25.8 Å². The monoisotopic (exact) mass is 383 g/mol. The molecule has 4 nitrogen and oxygen atoms in total. The van der Waals surface area contributed by atoms with Crippen LogP contribution in [0, 0.1) is 5.92 Å². The largest absolute Gasteiger partial charge is 0.508 e. The van der Waals surface area contributed by atoms with Crippen LogP contribution in [0.2, 0.25) is 5.02 Å². The Balaban J connectivity index is 1.43. The summed E-state index contributed by atoms with van der Waals surface area (Å²) in [7, 11) is 0. The van der Waals surface area contributed by atoms with E-state index in [0.717, 1.165) is 48.3 Å². The minimum absolute atomic E-state index is 0.100. The van der Waals surface area contributed by atoms with E-state index < -0.39 is 0 Å². The standard InChI is InChI=1S/C22H22ClNO3/c23-20-4-2-1-3-16(20)11-15-7-9-24(10-8-15)14-17-12-22(26)27-21-13-18(25)5-6-19(17)21/h1-6,12-13,15,25H,7-11,14H2. The molecule has 0 bridgehead atoms. The van der Waals surface area contributed by atoms with Crippen LogP contribution in [0.15, 0.2) is 57.7 Å². The molecule has 1 N–H and O–H groups in total. The fourth-order valence-electron chi connectivity index (χ4n) is 3.91. The van der Waals surface area contributed by atoms with Crippen molar-refractivity contribution in [2.75, 3.05) is 13.1 Å². The Bertz CT molecular complexity index is 1010. The van der Waals surface area contributed by atoms with Crippen LogP contribution in [0.3, 0.4) is 0 Å². The van der Waals surface area contributed by atoms with Gasteiger partial charge in [-0.15, -0.1) is 0 Å². The Morgan fingerprint density at radius 2 is 1.85 bits per heavy atom. The number of piperidine rings is 1. The summed E-state index contributed by atoms with van der Waals surface area (Å²) in [5.74, 6) is 0.735. The van der Waals surface area contributed by atoms with Crippen molar-refractivity contribution < 1.29 is 9.52 Å². The number of halogens is 1. The molecule has 2 heterocycles. The third kappa shape index (κ3) is 4.18. The average molecular weight is 384 g/mol. The van der Waals surface area contributed by atoms with Gasteiger partial charge in [0.25, 0.3) is 0 Å². The average Bonchev–Trinajstić information content (AvgIpc) is 2.64. The quantitative estimate of drug-likeness (QED) is 0.668. The first kappa shape index (κ1) is 18.1. The SMILES string of the molecule is O=c1cc(CN2CCC(Cc3ccccc3Cl)CC2)c2ccc(O)cc2o1. The summed E-state index contributed by atoms with van der Waals surface area (Å²) in [4.78, 5) is 14.2. The molecule has 140 valence electrons. The fraction of sp³-hybridized carbons (Fsp3) is 0.318. The molecule has 0 atom stereocenters. The van der Waals surface area contributed by atoms with Gasteiger partial charge in [-0.1, -0.05) is 29.8 Å². The van der Waals surface area contributed by atoms with E-state index >= 15 is 0 Å². The summed E-state index contributed by atoms with van der Waals surface area (Å²) in [5, 5.41) is 11.4. The van der Waals surface area contributed by atoms with Gasteiger partial charge < -0.3 is 9.52 Å². The first-order valence-electron chi connectivity index (χ1n) is 9.30. The lowest BCUT2D eigenvalue weighted by Gasteiger charge is -2.32. The van der Waals surface area contributed by atoms with E-state index in [1.807, 2.05) is 24.3 Å². The number of phenolic OH excluding ortho intramolecular Hbond substituents is 1. The van der Waals surface area contributed by atoms with Crippen LogP contribution in [0.5, 0.6) is 5.75 Å². The third-order valence-corrected chi connectivity index (χ3v) is 5.75. The van der Waals surface area contributed by atoms with Crippen LogP contribution in [-0.2, 0) is 13.0 Å². The molecule has 0 amide bonds. The van der Waals surface area contributed by atoms with Crippen LogP contribution in [0.25, 0.3) is 11.0 Å². The molecule has 0 saturated carbocycles. The maximum atomic E-state index is 11.9. The molecule has 0 spiro atoms. The number of benzene rings is 2. The second kappa shape index (κ2) is 7.75. The van der Waals surface area contributed by atoms with E-state index in [2.05, 4.69) is 11.0 Å². The van der Waals surface area contributed by atoms with Crippen molar-refractivity contribution in [3.63, 3.8) is 0 Å². The van der Waals surface area contributed by atoms with Gasteiger partial charge >= 0.3 is 5.63 Å². The van der Waals surface area contributed by atoms with Gasteiger partial charge in [0, 0.05) is 29.1 Å². The van der Waals surface area contributed by atoms with E-state index in [9.17, 15) is 9.90 Å². The summed E-state index contributed by atoms with van der Waals surface area (Å²) >= 11 is 6.29. The molecule has 0 radical (unpaired) electrons. The highest BCUT2D eigenvalue weighted by atomic mass is 35.5. The summed E-state index contributed by atoms with van der Waals surface area (Å²) < 4.78 is 5.22. The normalized spacial score (nSPS) is 16.0. The molecule has 3 aromatic rings. The summed E-state index contributed by atoms with van der Waals surface area (Å²) in [6.45, 7) is 2.70. The maximum absolute atomic E-state index is 11.9. The first-order valence-corrected chi connectivity index (χ1v) is 9.68. The topological polar surface area (TPSA) is 53.7 Å². The summed E-state index contributed by atoms with van der Waals surface area (Å²) in [5.41, 5.74) is 2.23. The van der Waals surface area contributed by atoms with E-state index in [4.69, 9.17) is 16.0 Å². The van der Waals surface area contributed by atoms with Crippen molar-refractivity contribution in [3.05, 3.63) is 75.1 Å². The van der Waals surface area contributed by atoms with Gasteiger partial charge in [0.15, 0.2) is 0 Å². The molecule has 1 aliphatic heterocycles. The van der Waals surface area contributed by atoms with Crippen molar-refractivity contribution >= 4 is 22.6 Å². The highest BCUT2D eigenvalue weighted by Crippen LogP contribution is 2.27. The molecular weight excluding hydrogens is 362 g/mol. The molecule has 0 aliphatic carbocycles. The molecule has 1 saturated heterocycles. The van der Waals surface area contributed by atoms with E-state index in [0.29, 0.717) is 18.0 Å². The van der Waals surface area contributed by atoms with Crippen LogP contribution < -0.4 is 5.63 Å². The number of nitrogens with zero attached hydrogens (tertiary/aromatic N) is 1. The zero-order valence-electron chi connectivity index (χ0n) is 15.0. The Labute approximate surface area is 163 Å². The van der Waals surface area contributed by atoms with Crippen molar-refractivity contribution in [1.82, 2.24) is 4.90 Å². The van der Waals surface area contributed by atoms with Crippen molar-refractivity contribution in [2.24, 2.45) is 5.92 Å². The summed E-state index contributed by atoms with van der Waals surface area (Å²) in [6, 6.07) is 14.6. The smallest absolute Gasteiger partial charge is 0.336 e. The zero-order valence-corrected chi connectivity index (χ0v) is 15.8. The van der Waals surface area contributed by atoms with Gasteiger partial charge in [0.1, 0.15) is 11.3 Å². The van der Waals surface area contributed by atoms with Gasteiger partial charge in [-0.3, -0.25) is 4.90 Å². The Morgan fingerprint density at radius 1 is 1.07 bits per heavy atom. The Hall–Kier alpha value is -2.30. The van der Waals surface area contributed by atoms with Gasteiger partial charge in [-0.25, -0.2) is 4.79 Å². The number of likely N-dealkylation sites (tertiary alicyclic amines) is 1. The van der Waals surface area contributed by atoms with E-state index in [1.165, 1.54) is 11.6 Å². The minimum Gasteiger partial charge on any atom is -0.508 e. The van der Waals surface area contributed by atoms with Gasteiger partial charge in [-0.05, 0) is 67.6 Å². The van der Waals surface area contributed by atoms with Crippen LogP contribution >= 0.6 is 11.6 Å². The molecule has 27 heavy (non-hydrogen) atoms. The second-order valence-electron chi connectivity index (χ2n) is 7.29. The third-order valence-electron chi connectivity index (χ3n) is 5.38. The lowest BCUT2D eigenvalue weighted by molar-refractivity contribution is 0.177. The molecule has 2 aromatic carbocycles. The number of rotatable bonds is 4. The van der Waals surface area contributed by atoms with Crippen LogP contribution in [-0.4, -0.2) is 23.1 Å². The predicted molar refractivity (Wildman–Crippen MR) is 107 cm³/mol. The second-order valence-corrected chi connectivity index (χ2v) is 7.69. The molecule has 1 aromatic heterocycles. The lowest BCUT2D eigenvalue weighted by Crippen LogP contribution is -2.34. The minimum atomic E-state index is -0.378. The number of fused-ring (bicyclic) bond motifs is 1. The molecule has 4 rings (SSSR count). The molecule has 1 fully saturated rings. The Morgan fingerprint density at radius 3 is 2.63 bits per heavy atom. The first-order chi connectivity index (χ1) is 13.1. The van der Waals surface area contributed by atoms with Crippen LogP contribution in [0.1, 0.15) is 24.0 Å². The number of aromatic hydroxyl groups is 1. The molecule has 1 aliphatic rings. The van der Waals surface area contributed by atoms with E-state index in [1.54, 1.807) is 12.1 Å². The zero-order chi connectivity index (χ0) is 18.8. The molecule has 5 heteroatoms. The number of phenols is 1. The maximum Gasteiger partial charge on any atom is 0.336 e.